The first-order valence-corrected chi connectivity index (χ1v) is 12.3. The van der Waals surface area contributed by atoms with Crippen LogP contribution >= 0.6 is 0 Å². The molecule has 3 aromatic rings. The van der Waals surface area contributed by atoms with Crippen LogP contribution in [0.4, 0.5) is 5.82 Å². The molecule has 0 aliphatic carbocycles. The Kier molecular flexibility index (Phi) is 5.35. The van der Waals surface area contributed by atoms with Gasteiger partial charge in [0.25, 0.3) is 0 Å². The summed E-state index contributed by atoms with van der Waals surface area (Å²) >= 11 is 0. The standard InChI is InChI=1S/C22H25N5O3S/c1-31(28,29)16-4-2-3-15(13-16)18-14-20(27-9-11-30-12-10-27)25-21-17(18)5-7-23-22(21)19-6-8-24-26-19/h2-5,7,13-14,19,24,26H,6,8-12H2,1H3. The lowest BCUT2D eigenvalue weighted by Gasteiger charge is -2.29. The molecular formula is C22H25N5O3S. The minimum atomic E-state index is -3.31. The fourth-order valence-corrected chi connectivity index (χ4v) is 4.86. The summed E-state index contributed by atoms with van der Waals surface area (Å²) in [5.41, 5.74) is 10.00. The Morgan fingerprint density at radius 3 is 2.74 bits per heavy atom. The summed E-state index contributed by atoms with van der Waals surface area (Å²) in [4.78, 5) is 12.2. The molecule has 2 N–H and O–H groups in total. The van der Waals surface area contributed by atoms with Crippen LogP contribution in [0.1, 0.15) is 18.2 Å². The van der Waals surface area contributed by atoms with Crippen LogP contribution in [-0.4, -0.2) is 57.5 Å². The molecule has 31 heavy (non-hydrogen) atoms. The van der Waals surface area contributed by atoms with Gasteiger partial charge in [-0.2, -0.15) is 0 Å². The average Bonchev–Trinajstić information content (AvgIpc) is 3.33. The van der Waals surface area contributed by atoms with E-state index in [4.69, 9.17) is 9.72 Å². The third kappa shape index (κ3) is 4.01. The van der Waals surface area contributed by atoms with Gasteiger partial charge in [0.05, 0.1) is 35.4 Å². The molecule has 2 aromatic heterocycles. The van der Waals surface area contributed by atoms with Crippen LogP contribution in [0.2, 0.25) is 0 Å². The number of rotatable bonds is 4. The van der Waals surface area contributed by atoms with Gasteiger partial charge in [0.15, 0.2) is 9.84 Å². The number of anilines is 1. The summed E-state index contributed by atoms with van der Waals surface area (Å²) in [5.74, 6) is 0.857. The lowest BCUT2D eigenvalue weighted by molar-refractivity contribution is 0.122. The van der Waals surface area contributed by atoms with Crippen molar-refractivity contribution in [2.24, 2.45) is 0 Å². The summed E-state index contributed by atoms with van der Waals surface area (Å²) in [6.07, 6.45) is 3.96. The van der Waals surface area contributed by atoms with Crippen molar-refractivity contribution in [3.63, 3.8) is 0 Å². The normalized spacial score (nSPS) is 19.8. The van der Waals surface area contributed by atoms with Gasteiger partial charge in [-0.05, 0) is 41.8 Å². The van der Waals surface area contributed by atoms with Gasteiger partial charge in [0.2, 0.25) is 0 Å². The van der Waals surface area contributed by atoms with E-state index in [1.807, 2.05) is 12.1 Å². The predicted octanol–water partition coefficient (Wildman–Crippen LogP) is 2.08. The van der Waals surface area contributed by atoms with Crippen molar-refractivity contribution in [1.82, 2.24) is 20.8 Å². The lowest BCUT2D eigenvalue weighted by atomic mass is 9.99. The number of pyridine rings is 2. The molecule has 4 heterocycles. The molecule has 9 heteroatoms. The summed E-state index contributed by atoms with van der Waals surface area (Å²) in [5, 5.41) is 0.960. The van der Waals surface area contributed by atoms with Crippen molar-refractivity contribution in [1.29, 1.82) is 0 Å². The maximum Gasteiger partial charge on any atom is 0.175 e. The second-order valence-corrected chi connectivity index (χ2v) is 9.95. The van der Waals surface area contributed by atoms with Crippen LogP contribution < -0.4 is 15.8 Å². The first kappa shape index (κ1) is 20.3. The minimum absolute atomic E-state index is 0.0753. The molecule has 0 saturated carbocycles. The molecule has 162 valence electrons. The fraction of sp³-hybridized carbons (Fsp3) is 0.364. The summed E-state index contributed by atoms with van der Waals surface area (Å²) in [7, 11) is -3.31. The Labute approximate surface area is 181 Å². The molecule has 0 bridgehead atoms. The SMILES string of the molecule is CS(=O)(=O)c1cccc(-c2cc(N3CCOCC3)nc3c(C4CCNN4)nccc23)c1. The van der Waals surface area contributed by atoms with E-state index in [0.717, 1.165) is 59.6 Å². The molecule has 1 atom stereocenters. The van der Waals surface area contributed by atoms with E-state index in [-0.39, 0.29) is 6.04 Å². The number of hydrogen-bond donors (Lipinski definition) is 2. The smallest absolute Gasteiger partial charge is 0.175 e. The predicted molar refractivity (Wildman–Crippen MR) is 120 cm³/mol. The topological polar surface area (TPSA) is 96.5 Å². The zero-order chi connectivity index (χ0) is 21.4. The molecule has 0 radical (unpaired) electrons. The largest absolute Gasteiger partial charge is 0.378 e. The number of morpholine rings is 1. The third-order valence-corrected chi connectivity index (χ3v) is 6.93. The highest BCUT2D eigenvalue weighted by Gasteiger charge is 2.24. The monoisotopic (exact) mass is 439 g/mol. The highest BCUT2D eigenvalue weighted by Crippen LogP contribution is 2.35. The summed E-state index contributed by atoms with van der Waals surface area (Å²) in [6.45, 7) is 3.72. The number of sulfone groups is 1. The van der Waals surface area contributed by atoms with Crippen molar-refractivity contribution < 1.29 is 13.2 Å². The zero-order valence-corrected chi connectivity index (χ0v) is 18.2. The highest BCUT2D eigenvalue weighted by atomic mass is 32.2. The maximum absolute atomic E-state index is 12.2. The average molecular weight is 440 g/mol. The molecule has 2 aliphatic rings. The maximum atomic E-state index is 12.2. The molecule has 2 fully saturated rings. The van der Waals surface area contributed by atoms with Crippen LogP contribution in [-0.2, 0) is 14.6 Å². The summed E-state index contributed by atoms with van der Waals surface area (Å²) < 4.78 is 29.8. The molecular weight excluding hydrogens is 414 g/mol. The van der Waals surface area contributed by atoms with Crippen LogP contribution in [0.3, 0.4) is 0 Å². The van der Waals surface area contributed by atoms with Crippen LogP contribution in [0.15, 0.2) is 47.5 Å². The first-order valence-electron chi connectivity index (χ1n) is 10.4. The van der Waals surface area contributed by atoms with Gasteiger partial charge in [-0.15, -0.1) is 0 Å². The number of hydrazine groups is 1. The number of ether oxygens (including phenoxy) is 1. The molecule has 8 nitrogen and oxygen atoms in total. The molecule has 0 spiro atoms. The zero-order valence-electron chi connectivity index (χ0n) is 17.3. The Hall–Kier alpha value is -2.59. The Morgan fingerprint density at radius 2 is 2.00 bits per heavy atom. The Balaban J connectivity index is 1.73. The van der Waals surface area contributed by atoms with Gasteiger partial charge in [-0.3, -0.25) is 10.4 Å². The van der Waals surface area contributed by atoms with E-state index in [1.54, 1.807) is 24.4 Å². The van der Waals surface area contributed by atoms with Gasteiger partial charge in [-0.25, -0.2) is 18.8 Å². The van der Waals surface area contributed by atoms with E-state index in [2.05, 4.69) is 26.8 Å². The van der Waals surface area contributed by atoms with Crippen molar-refractivity contribution >= 4 is 26.6 Å². The molecule has 2 saturated heterocycles. The minimum Gasteiger partial charge on any atom is -0.378 e. The lowest BCUT2D eigenvalue weighted by Crippen LogP contribution is -2.36. The van der Waals surface area contributed by atoms with Crippen molar-refractivity contribution in [3.8, 4) is 11.1 Å². The van der Waals surface area contributed by atoms with E-state index >= 15 is 0 Å². The molecule has 1 aromatic carbocycles. The highest BCUT2D eigenvalue weighted by molar-refractivity contribution is 7.90. The van der Waals surface area contributed by atoms with E-state index in [9.17, 15) is 8.42 Å². The molecule has 1 unspecified atom stereocenters. The van der Waals surface area contributed by atoms with Gasteiger partial charge in [-0.1, -0.05) is 12.1 Å². The van der Waals surface area contributed by atoms with Crippen LogP contribution in [0, 0.1) is 0 Å². The first-order chi connectivity index (χ1) is 15.0. The van der Waals surface area contributed by atoms with Gasteiger partial charge in [0.1, 0.15) is 5.82 Å². The number of hydrogen-bond acceptors (Lipinski definition) is 8. The fourth-order valence-electron chi connectivity index (χ4n) is 4.19. The van der Waals surface area contributed by atoms with Gasteiger partial charge in [0, 0.05) is 37.5 Å². The number of fused-ring (bicyclic) bond motifs is 1. The third-order valence-electron chi connectivity index (χ3n) is 5.82. The van der Waals surface area contributed by atoms with E-state index in [0.29, 0.717) is 18.1 Å². The summed E-state index contributed by atoms with van der Waals surface area (Å²) in [6, 6.07) is 11.2. The van der Waals surface area contributed by atoms with Gasteiger partial charge >= 0.3 is 0 Å². The van der Waals surface area contributed by atoms with Crippen molar-refractivity contribution in [2.45, 2.75) is 17.4 Å². The van der Waals surface area contributed by atoms with Crippen molar-refractivity contribution in [2.75, 3.05) is 44.0 Å². The number of nitrogens with one attached hydrogen (secondary N) is 2. The van der Waals surface area contributed by atoms with E-state index in [1.165, 1.54) is 6.26 Å². The van der Waals surface area contributed by atoms with Crippen LogP contribution in [0.25, 0.3) is 22.0 Å². The Bertz CT molecular complexity index is 1220. The van der Waals surface area contributed by atoms with Crippen molar-refractivity contribution in [3.05, 3.63) is 48.3 Å². The number of benzene rings is 1. The molecule has 5 rings (SSSR count). The number of nitrogens with zero attached hydrogens (tertiary/aromatic N) is 3. The second kappa shape index (κ2) is 8.16. The van der Waals surface area contributed by atoms with E-state index < -0.39 is 9.84 Å². The molecule has 0 amide bonds. The number of aromatic nitrogens is 2. The quantitative estimate of drug-likeness (QED) is 0.638. The van der Waals surface area contributed by atoms with Gasteiger partial charge < -0.3 is 9.64 Å². The second-order valence-electron chi connectivity index (χ2n) is 7.93. The van der Waals surface area contributed by atoms with Crippen LogP contribution in [0.5, 0.6) is 0 Å². The molecule has 2 aliphatic heterocycles. The Morgan fingerprint density at radius 1 is 1.16 bits per heavy atom.